The van der Waals surface area contributed by atoms with Crippen molar-refractivity contribution in [2.75, 3.05) is 19.8 Å². The molecule has 0 aromatic carbocycles. The molecular weight excluding hydrogens is 312 g/mol. The molecule has 6 heteroatoms. The molecule has 2 N–H and O–H groups in total. The van der Waals surface area contributed by atoms with Crippen molar-refractivity contribution < 1.29 is 19.1 Å². The Hall–Kier alpha value is 0.274. The molecule has 134 valence electrons. The van der Waals surface area contributed by atoms with Gasteiger partial charge in [-0.15, -0.1) is 0 Å². The maximum Gasteiger partial charge on any atom is 0.179 e. The lowest BCUT2D eigenvalue weighted by molar-refractivity contribution is 0.00637. The van der Waals surface area contributed by atoms with Gasteiger partial charge in [0.05, 0.1) is 13.2 Å². The Balaban J connectivity index is 4.49. The van der Waals surface area contributed by atoms with Crippen LogP contribution in [0.5, 0.6) is 0 Å². The van der Waals surface area contributed by atoms with Gasteiger partial charge in [0.2, 0.25) is 0 Å². The fourth-order valence-electron chi connectivity index (χ4n) is 2.99. The van der Waals surface area contributed by atoms with E-state index in [1.54, 1.807) is 0 Å². The number of ether oxygens (including phenoxy) is 1. The first-order valence-electron chi connectivity index (χ1n) is 9.03. The Morgan fingerprint density at radius 1 is 0.864 bits per heavy atom. The Labute approximate surface area is 139 Å². The van der Waals surface area contributed by atoms with Gasteiger partial charge in [0.15, 0.2) is 16.6 Å². The fourth-order valence-corrected chi connectivity index (χ4v) is 13.5. The molecule has 0 fully saturated rings. The van der Waals surface area contributed by atoms with Crippen molar-refractivity contribution in [2.45, 2.75) is 83.4 Å². The van der Waals surface area contributed by atoms with Crippen LogP contribution in [0.1, 0.15) is 41.0 Å². The van der Waals surface area contributed by atoms with Crippen LogP contribution in [0, 0.1) is 0 Å². The summed E-state index contributed by atoms with van der Waals surface area (Å²) in [6.45, 7) is 12.1. The second kappa shape index (κ2) is 11.8. The van der Waals surface area contributed by atoms with Gasteiger partial charge in [-0.3, -0.25) is 0 Å². The van der Waals surface area contributed by atoms with Crippen LogP contribution in [-0.2, 0) is 8.85 Å². The minimum absolute atomic E-state index is 0.224. The highest BCUT2D eigenvalue weighted by atomic mass is 28.4. The molecule has 0 aromatic rings. The summed E-state index contributed by atoms with van der Waals surface area (Å²) in [4.78, 5) is 0. The maximum absolute atomic E-state index is 9.27. The zero-order chi connectivity index (χ0) is 17.1. The lowest BCUT2D eigenvalue weighted by atomic mass is 10.4. The van der Waals surface area contributed by atoms with Crippen LogP contribution in [0.2, 0.25) is 36.3 Å². The minimum atomic E-state index is -1.66. The predicted molar refractivity (Wildman–Crippen MR) is 98.3 cm³/mol. The van der Waals surface area contributed by atoms with Gasteiger partial charge in [0.25, 0.3) is 0 Å². The van der Waals surface area contributed by atoms with Gasteiger partial charge in [-0.1, -0.05) is 34.6 Å². The van der Waals surface area contributed by atoms with E-state index in [0.29, 0.717) is 6.61 Å². The van der Waals surface area contributed by atoms with E-state index in [4.69, 9.17) is 14.0 Å². The Kier molecular flexibility index (Phi) is 11.9. The Morgan fingerprint density at radius 2 is 1.36 bits per heavy atom. The summed E-state index contributed by atoms with van der Waals surface area (Å²) in [6.07, 6.45) is 0.240. The van der Waals surface area contributed by atoms with Gasteiger partial charge in [-0.2, -0.15) is 0 Å². The second-order valence-electron chi connectivity index (χ2n) is 6.25. The quantitative estimate of drug-likeness (QED) is 0.370. The van der Waals surface area contributed by atoms with Crippen LogP contribution < -0.4 is 0 Å². The molecule has 0 saturated heterocycles. The lowest BCUT2D eigenvalue weighted by Gasteiger charge is -2.41. The molecule has 0 rings (SSSR count). The van der Waals surface area contributed by atoms with Crippen molar-refractivity contribution in [3.63, 3.8) is 0 Å². The van der Waals surface area contributed by atoms with Gasteiger partial charge < -0.3 is 19.1 Å². The van der Waals surface area contributed by atoms with Crippen LogP contribution in [0.15, 0.2) is 0 Å². The van der Waals surface area contributed by atoms with E-state index >= 15 is 0 Å². The smallest absolute Gasteiger partial charge is 0.179 e. The number of aliphatic hydroxyl groups excluding tert-OH is 2. The first-order valence-corrected chi connectivity index (χ1v) is 14.1. The maximum atomic E-state index is 9.27. The zero-order valence-electron chi connectivity index (χ0n) is 15.4. The summed E-state index contributed by atoms with van der Waals surface area (Å²) in [6, 6.07) is 7.15. The largest absolute Gasteiger partial charge is 0.455 e. The Bertz CT molecular complexity index is 261. The zero-order valence-corrected chi connectivity index (χ0v) is 17.4. The van der Waals surface area contributed by atoms with E-state index in [0.717, 1.165) is 12.5 Å². The van der Waals surface area contributed by atoms with Crippen molar-refractivity contribution in [3.05, 3.63) is 0 Å². The van der Waals surface area contributed by atoms with E-state index in [1.807, 2.05) is 0 Å². The SMILES string of the molecule is CC[Si](CC)(CC)O[Si](CC)(CC)CCCOCC(O)CO. The van der Waals surface area contributed by atoms with Crippen LogP contribution in [0.4, 0.5) is 0 Å². The molecule has 0 radical (unpaired) electrons. The number of hydrogen-bond acceptors (Lipinski definition) is 4. The summed E-state index contributed by atoms with van der Waals surface area (Å²) < 4.78 is 12.4. The highest BCUT2D eigenvalue weighted by Crippen LogP contribution is 2.33. The van der Waals surface area contributed by atoms with Gasteiger partial charge in [0.1, 0.15) is 6.10 Å². The lowest BCUT2D eigenvalue weighted by Crippen LogP contribution is -2.50. The average molecular weight is 351 g/mol. The van der Waals surface area contributed by atoms with Crippen LogP contribution in [0.25, 0.3) is 0 Å². The standard InChI is InChI=1S/C16H38O4Si2/c1-6-21(7-2,8-3)20-22(9-4,10-5)13-11-12-19-15-16(18)14-17/h16-18H,6-15H2,1-5H3. The molecule has 0 saturated carbocycles. The van der Waals surface area contributed by atoms with E-state index < -0.39 is 22.7 Å². The number of aliphatic hydroxyl groups is 2. The van der Waals surface area contributed by atoms with Crippen molar-refractivity contribution in [1.29, 1.82) is 0 Å². The third kappa shape index (κ3) is 7.23. The van der Waals surface area contributed by atoms with Crippen LogP contribution >= 0.6 is 0 Å². The fraction of sp³-hybridized carbons (Fsp3) is 1.00. The molecule has 0 aliphatic carbocycles. The highest BCUT2D eigenvalue weighted by Gasteiger charge is 2.40. The second-order valence-corrected chi connectivity index (χ2v) is 15.8. The van der Waals surface area contributed by atoms with E-state index in [1.165, 1.54) is 30.2 Å². The molecule has 1 atom stereocenters. The molecule has 1 unspecified atom stereocenters. The van der Waals surface area contributed by atoms with Gasteiger partial charge >= 0.3 is 0 Å². The summed E-state index contributed by atoms with van der Waals surface area (Å²) >= 11 is 0. The van der Waals surface area contributed by atoms with Crippen molar-refractivity contribution in [1.82, 2.24) is 0 Å². The third-order valence-corrected chi connectivity index (χ3v) is 16.3. The Morgan fingerprint density at radius 3 is 1.77 bits per heavy atom. The monoisotopic (exact) mass is 350 g/mol. The summed E-state index contributed by atoms with van der Waals surface area (Å²) in [5.41, 5.74) is 0. The average Bonchev–Trinajstić information content (AvgIpc) is 2.58. The summed E-state index contributed by atoms with van der Waals surface area (Å²) in [5, 5.41) is 18.0. The van der Waals surface area contributed by atoms with Crippen molar-refractivity contribution in [3.8, 4) is 0 Å². The van der Waals surface area contributed by atoms with E-state index in [9.17, 15) is 5.11 Å². The van der Waals surface area contributed by atoms with Crippen LogP contribution in [0.3, 0.4) is 0 Å². The van der Waals surface area contributed by atoms with Gasteiger partial charge in [-0.25, -0.2) is 0 Å². The molecule has 0 heterocycles. The number of hydrogen-bond donors (Lipinski definition) is 2. The number of rotatable bonds is 14. The normalized spacial score (nSPS) is 14.3. The minimum Gasteiger partial charge on any atom is -0.455 e. The van der Waals surface area contributed by atoms with E-state index in [-0.39, 0.29) is 13.2 Å². The van der Waals surface area contributed by atoms with Crippen molar-refractivity contribution >= 4 is 16.6 Å². The molecule has 4 nitrogen and oxygen atoms in total. The highest BCUT2D eigenvalue weighted by molar-refractivity contribution is 6.87. The molecule has 0 aromatic heterocycles. The van der Waals surface area contributed by atoms with Crippen molar-refractivity contribution in [2.24, 2.45) is 0 Å². The molecule has 0 aliphatic rings. The summed E-state index contributed by atoms with van der Waals surface area (Å²) in [7, 11) is -3.20. The van der Waals surface area contributed by atoms with Gasteiger partial charge in [-0.05, 0) is 42.7 Å². The molecular formula is C16H38O4Si2. The molecule has 0 spiro atoms. The predicted octanol–water partition coefficient (Wildman–Crippen LogP) is 3.75. The molecule has 0 aliphatic heterocycles. The molecule has 22 heavy (non-hydrogen) atoms. The first kappa shape index (κ1) is 22.3. The topological polar surface area (TPSA) is 58.9 Å². The molecule has 0 bridgehead atoms. The third-order valence-electron chi connectivity index (χ3n) is 5.10. The first-order chi connectivity index (χ1) is 10.5. The summed E-state index contributed by atoms with van der Waals surface area (Å²) in [5.74, 6) is 0. The van der Waals surface area contributed by atoms with E-state index in [2.05, 4.69) is 34.6 Å². The van der Waals surface area contributed by atoms with Gasteiger partial charge in [0, 0.05) is 6.61 Å². The molecule has 0 amide bonds. The van der Waals surface area contributed by atoms with Crippen LogP contribution in [-0.4, -0.2) is 52.8 Å².